The van der Waals surface area contributed by atoms with Crippen LogP contribution in [0.25, 0.3) is 0 Å². The number of hydrogen-bond acceptors (Lipinski definition) is 17. The molecule has 446 valence electrons. The molecule has 79 heavy (non-hydrogen) atoms. The molecule has 0 radical (unpaired) electrons. The lowest BCUT2D eigenvalue weighted by Gasteiger charge is -2.58. The van der Waals surface area contributed by atoms with Crippen molar-refractivity contribution in [2.24, 2.45) is 17.3 Å². The molecule has 5 heterocycles. The molecule has 5 aliphatic heterocycles. The van der Waals surface area contributed by atoms with E-state index in [2.05, 4.69) is 96.5 Å². The lowest BCUT2D eigenvalue weighted by molar-refractivity contribution is -0.144. The lowest BCUT2D eigenvalue weighted by atomic mass is 9.72. The molecule has 7 unspecified atom stereocenters. The van der Waals surface area contributed by atoms with Crippen molar-refractivity contribution in [3.05, 3.63) is 35.4 Å². The summed E-state index contributed by atoms with van der Waals surface area (Å²) in [4.78, 5) is 55.0. The first-order valence-corrected chi connectivity index (χ1v) is 31.6. The predicted molar refractivity (Wildman–Crippen MR) is 310 cm³/mol. The smallest absolute Gasteiger partial charge is 0.246 e. The van der Waals surface area contributed by atoms with Crippen molar-refractivity contribution in [2.45, 2.75) is 209 Å². The lowest BCUT2D eigenvalue weighted by Crippen LogP contribution is -2.77. The summed E-state index contributed by atoms with van der Waals surface area (Å²) in [6.45, 7) is 16.6. The average molecular weight is 1150 g/mol. The van der Waals surface area contributed by atoms with Crippen molar-refractivity contribution in [3.63, 3.8) is 0 Å². The maximum atomic E-state index is 14.0. The Labute approximate surface area is 480 Å². The first kappa shape index (κ1) is 62.3. The van der Waals surface area contributed by atoms with Crippen LogP contribution in [0.2, 0.25) is 0 Å². The van der Waals surface area contributed by atoms with Gasteiger partial charge in [-0.1, -0.05) is 91.0 Å². The van der Waals surface area contributed by atoms with Crippen molar-refractivity contribution in [1.29, 1.82) is 0 Å². The predicted octanol–water partition coefficient (Wildman–Crippen LogP) is 3.07. The number of nitrogens with zero attached hydrogens (tertiary/aromatic N) is 3. The van der Waals surface area contributed by atoms with Crippen molar-refractivity contribution in [1.82, 2.24) is 68.5 Å². The number of benzene rings is 1. The molecular weight excluding hydrogens is 1050 g/mol. The van der Waals surface area contributed by atoms with Gasteiger partial charge in [0.1, 0.15) is 18.7 Å². The molecule has 8 rings (SSSR count). The van der Waals surface area contributed by atoms with Gasteiger partial charge < -0.3 is 46.1 Å². The summed E-state index contributed by atoms with van der Waals surface area (Å²) in [5.41, 5.74) is 11.7. The van der Waals surface area contributed by atoms with E-state index in [1.807, 2.05) is 44.7 Å². The number of amides is 4. The van der Waals surface area contributed by atoms with Gasteiger partial charge in [-0.2, -0.15) is 5.53 Å². The molecule has 20 nitrogen and oxygen atoms in total. The van der Waals surface area contributed by atoms with Gasteiger partial charge in [-0.05, 0) is 86.7 Å². The van der Waals surface area contributed by atoms with Crippen molar-refractivity contribution in [2.75, 3.05) is 71.6 Å². The summed E-state index contributed by atoms with van der Waals surface area (Å²) in [5.74, 6) is 0.941. The topological polar surface area (TPSA) is 237 Å². The second kappa shape index (κ2) is 29.7. The zero-order chi connectivity index (χ0) is 56.1. The van der Waals surface area contributed by atoms with E-state index in [0.717, 1.165) is 63.1 Å². The van der Waals surface area contributed by atoms with E-state index in [1.54, 1.807) is 0 Å². The Kier molecular flexibility index (Phi) is 23.4. The van der Waals surface area contributed by atoms with Crippen LogP contribution in [0.5, 0.6) is 0 Å². The number of halogens is 1. The Morgan fingerprint density at radius 2 is 1.70 bits per heavy atom. The Morgan fingerprint density at radius 3 is 2.43 bits per heavy atom. The number of likely N-dealkylation sites (tertiary alicyclic amines) is 1. The van der Waals surface area contributed by atoms with Gasteiger partial charge in [-0.3, -0.25) is 35.2 Å². The molecular formula is C57H98ClN13O7S. The summed E-state index contributed by atoms with van der Waals surface area (Å²) < 4.78 is 11.4. The van der Waals surface area contributed by atoms with Crippen LogP contribution in [0.15, 0.2) is 24.3 Å². The molecule has 22 heteroatoms. The molecule has 0 aromatic heterocycles. The third kappa shape index (κ3) is 16.8. The molecule has 11 N–H and O–H groups in total. The van der Waals surface area contributed by atoms with Crippen LogP contribution in [0, 0.1) is 17.3 Å². The first-order valence-electron chi connectivity index (χ1n) is 30.2. The number of fused-ring (bicyclic) bond motifs is 1. The molecule has 2 saturated carbocycles. The summed E-state index contributed by atoms with van der Waals surface area (Å²) >= 11 is 8.90. The maximum Gasteiger partial charge on any atom is 0.246 e. The van der Waals surface area contributed by atoms with Gasteiger partial charge in [0, 0.05) is 87.0 Å². The van der Waals surface area contributed by atoms with E-state index < -0.39 is 35.4 Å². The highest BCUT2D eigenvalue weighted by Gasteiger charge is 2.57. The highest BCUT2D eigenvalue weighted by atomic mass is 35.5. The fourth-order valence-electron chi connectivity index (χ4n) is 13.5. The summed E-state index contributed by atoms with van der Waals surface area (Å²) in [7, 11) is 0. The third-order valence-electron chi connectivity index (χ3n) is 18.0. The minimum atomic E-state index is -0.947. The number of carbonyl (C=O) groups is 4. The highest BCUT2D eigenvalue weighted by Crippen LogP contribution is 2.45. The molecule has 1 aromatic carbocycles. The molecule has 7 fully saturated rings. The van der Waals surface area contributed by atoms with Crippen LogP contribution in [0.3, 0.4) is 0 Å². The monoisotopic (exact) mass is 1140 g/mol. The zero-order valence-electron chi connectivity index (χ0n) is 48.2. The molecule has 4 amide bonds. The molecule has 0 spiro atoms. The summed E-state index contributed by atoms with van der Waals surface area (Å²) in [6, 6.07) is 8.15. The number of ether oxygens (including phenoxy) is 2. The van der Waals surface area contributed by atoms with E-state index in [-0.39, 0.29) is 61.2 Å². The van der Waals surface area contributed by atoms with Crippen LogP contribution in [0.4, 0.5) is 0 Å². The molecule has 0 bridgehead atoms. The molecule has 1 aromatic rings. The number of carbonyl (C=O) groups excluding carboxylic acids is 4. The number of nitrogens with one attached hydrogen (secondary N) is 10. The van der Waals surface area contributed by atoms with Gasteiger partial charge in [-0.15, -0.1) is 23.4 Å². The van der Waals surface area contributed by atoms with Gasteiger partial charge in [-0.25, -0.2) is 15.4 Å². The largest absolute Gasteiger partial charge is 0.391 e. The molecule has 7 aliphatic rings. The maximum absolute atomic E-state index is 14.0. The van der Waals surface area contributed by atoms with E-state index in [0.29, 0.717) is 80.6 Å². The van der Waals surface area contributed by atoms with Gasteiger partial charge >= 0.3 is 0 Å². The number of thioether (sulfide) groups is 1. The van der Waals surface area contributed by atoms with Crippen LogP contribution >= 0.6 is 23.4 Å². The number of hydrazine groups is 3. The Morgan fingerprint density at radius 1 is 0.937 bits per heavy atom. The van der Waals surface area contributed by atoms with E-state index in [9.17, 15) is 24.3 Å². The second-order valence-electron chi connectivity index (χ2n) is 24.7. The second-order valence-corrected chi connectivity index (χ2v) is 26.4. The SMILES string of the molecule is CCC(CC)C1CC(N[C@H]2CC[C@H](NCC(=O)NCCCC3CN(CCOCCOCC(=O)N[C@H](C(=O)N4C[C@H](O)C[C@H]4C(=O)NCc4ccc(C5SCNC5C)cc4)C(C)(C)C)NN3)C2)(C2CCCCC2)N2NCC(Cl)C2N1. The number of aliphatic hydroxyl groups excluding tert-OH is 1. The Bertz CT molecular complexity index is 2110. The van der Waals surface area contributed by atoms with Crippen LogP contribution in [0.1, 0.15) is 148 Å². The molecule has 12 atom stereocenters. The number of β-amino-alcohol motifs (C(OH)–C–C–N with tert-alkyl or cyclic N) is 1. The van der Waals surface area contributed by atoms with Gasteiger partial charge in [0.15, 0.2) is 0 Å². The van der Waals surface area contributed by atoms with Crippen LogP contribution in [-0.4, -0.2) is 181 Å². The van der Waals surface area contributed by atoms with Crippen molar-refractivity contribution < 1.29 is 33.8 Å². The molecule has 5 saturated heterocycles. The summed E-state index contributed by atoms with van der Waals surface area (Å²) in [6.07, 6.45) is 14.1. The highest BCUT2D eigenvalue weighted by molar-refractivity contribution is 7.99. The normalized spacial score (nSPS) is 31.2. The standard InChI is InChI=1S/C57H98ClN13O7S/c1-7-39(8-2)47-29-57(41-13-10-9-11-14-41,71-53(64-47)46(58)31-63-71)66-43-21-20-42(27-43)60-32-49(73)59-22-12-15-44-33-69(68-67-44)23-24-77-25-26-78-35-50(74)65-52(56(4,5)6)55(76)70-34-45(72)28-48(70)54(75)61-30-38-16-18-40(19-17-38)51-37(3)62-36-79-51/h16-19,37,39,41-48,51-53,60,62-64,66-68,72H,7-15,20-36H2,1-6H3,(H,59,73)(H,61,75)(H,65,74)/t37?,42-,43-,44?,45+,46?,47?,48-,51?,52+,53?,57?/m0/s1. The van der Waals surface area contributed by atoms with Crippen molar-refractivity contribution in [3.8, 4) is 0 Å². The fourth-order valence-corrected chi connectivity index (χ4v) is 15.0. The number of alkyl halides is 1. The fraction of sp³-hybridized carbons (Fsp3) is 0.825. The van der Waals surface area contributed by atoms with Crippen molar-refractivity contribution >= 4 is 47.0 Å². The summed E-state index contributed by atoms with van der Waals surface area (Å²) in [5, 5.41) is 39.9. The zero-order valence-corrected chi connectivity index (χ0v) is 49.8. The van der Waals surface area contributed by atoms with Gasteiger partial charge in [0.25, 0.3) is 0 Å². The Hall–Kier alpha value is -2.74. The van der Waals surface area contributed by atoms with Crippen LogP contribution < -0.4 is 53.6 Å². The van der Waals surface area contributed by atoms with E-state index in [1.165, 1.54) is 55.4 Å². The minimum absolute atomic E-state index is 0.00270. The van der Waals surface area contributed by atoms with Gasteiger partial charge in [0.2, 0.25) is 23.6 Å². The Balaban J connectivity index is 0.665. The minimum Gasteiger partial charge on any atom is -0.391 e. The quantitative estimate of drug-likeness (QED) is 0.0449. The number of aliphatic hydroxyl groups is 1. The average Bonchev–Trinajstić information content (AvgIpc) is 4.34. The molecule has 2 aliphatic carbocycles. The first-order chi connectivity index (χ1) is 38.0. The van der Waals surface area contributed by atoms with E-state index in [4.69, 9.17) is 21.1 Å². The van der Waals surface area contributed by atoms with Gasteiger partial charge in [0.05, 0.1) is 49.7 Å². The number of rotatable bonds is 27. The third-order valence-corrected chi connectivity index (χ3v) is 19.7. The van der Waals surface area contributed by atoms with E-state index >= 15 is 0 Å². The van der Waals surface area contributed by atoms with Crippen LogP contribution in [-0.2, 0) is 35.2 Å². The number of hydrogen-bond donors (Lipinski definition) is 11.